The average molecular weight is 381 g/mol. The Balaban J connectivity index is 1.86. The number of alkyl halides is 1. The molecule has 0 spiro atoms. The number of halogens is 1. The summed E-state index contributed by atoms with van der Waals surface area (Å²) in [6.45, 7) is 2.56. The van der Waals surface area contributed by atoms with E-state index in [9.17, 15) is 9.90 Å². The summed E-state index contributed by atoms with van der Waals surface area (Å²) in [7, 11) is 0. The van der Waals surface area contributed by atoms with E-state index in [1.165, 1.54) is 5.56 Å². The highest BCUT2D eigenvalue weighted by atomic mass is 35.5. The van der Waals surface area contributed by atoms with Gasteiger partial charge < -0.3 is 14.9 Å². The van der Waals surface area contributed by atoms with Crippen molar-refractivity contribution in [2.75, 3.05) is 6.61 Å². The lowest BCUT2D eigenvalue weighted by atomic mass is 9.92. The van der Waals surface area contributed by atoms with Gasteiger partial charge in [0.15, 0.2) is 0 Å². The van der Waals surface area contributed by atoms with Crippen LogP contribution in [0.1, 0.15) is 44.6 Å². The topological polar surface area (TPSA) is 66.8 Å². The van der Waals surface area contributed by atoms with Crippen molar-refractivity contribution in [1.82, 2.24) is 0 Å². The summed E-state index contributed by atoms with van der Waals surface area (Å²) < 4.78 is 5.94. The van der Waals surface area contributed by atoms with Crippen LogP contribution in [0, 0.1) is 11.8 Å². The van der Waals surface area contributed by atoms with E-state index in [0.717, 1.165) is 25.0 Å². The number of hydrogen-bond acceptors (Lipinski definition) is 3. The number of carboxylic acids is 1. The van der Waals surface area contributed by atoms with Crippen LogP contribution in [-0.2, 0) is 11.2 Å². The smallest absolute Gasteiger partial charge is 0.303 e. The minimum Gasteiger partial charge on any atom is -0.493 e. The van der Waals surface area contributed by atoms with E-state index < -0.39 is 12.1 Å². The van der Waals surface area contributed by atoms with Crippen LogP contribution in [0.5, 0.6) is 5.75 Å². The Morgan fingerprint density at radius 3 is 2.88 bits per heavy atom. The molecule has 5 heteroatoms. The second-order valence-electron chi connectivity index (χ2n) is 6.95. The van der Waals surface area contributed by atoms with Gasteiger partial charge in [0.25, 0.3) is 0 Å². The number of benzene rings is 1. The summed E-state index contributed by atoms with van der Waals surface area (Å²) >= 11 is 6.45. The molecule has 1 aromatic rings. The van der Waals surface area contributed by atoms with E-state index in [-0.39, 0.29) is 23.6 Å². The maximum Gasteiger partial charge on any atom is 0.303 e. The van der Waals surface area contributed by atoms with Crippen molar-refractivity contribution in [1.29, 1.82) is 0 Å². The van der Waals surface area contributed by atoms with E-state index in [1.54, 1.807) is 0 Å². The number of aryl methyl sites for hydroxylation is 1. The molecule has 0 bridgehead atoms. The Morgan fingerprint density at radius 2 is 2.15 bits per heavy atom. The molecule has 0 heterocycles. The third-order valence-electron chi connectivity index (χ3n) is 5.06. The van der Waals surface area contributed by atoms with Crippen LogP contribution in [-0.4, -0.2) is 34.3 Å². The van der Waals surface area contributed by atoms with Crippen molar-refractivity contribution in [3.05, 3.63) is 42.0 Å². The summed E-state index contributed by atoms with van der Waals surface area (Å²) in [4.78, 5) is 10.5. The van der Waals surface area contributed by atoms with Gasteiger partial charge in [-0.1, -0.05) is 31.2 Å². The molecule has 1 aliphatic rings. The van der Waals surface area contributed by atoms with Crippen molar-refractivity contribution in [3.8, 4) is 5.75 Å². The number of aliphatic hydroxyl groups is 1. The molecule has 2 rings (SSSR count). The Hall–Kier alpha value is -1.52. The number of hydrogen-bond donors (Lipinski definition) is 2. The predicted molar refractivity (Wildman–Crippen MR) is 104 cm³/mol. The zero-order valence-corrected chi connectivity index (χ0v) is 16.1. The number of ether oxygens (including phenoxy) is 1. The lowest BCUT2D eigenvalue weighted by Gasteiger charge is -2.22. The molecule has 4 nitrogen and oxygen atoms in total. The monoisotopic (exact) mass is 380 g/mol. The molecule has 2 N–H and O–H groups in total. The standard InChI is InChI=1S/C21H29ClO4/c1-2-15-8-7-9-16(12-15)26-14-18-17(19(22)13-20(18)23)10-5-3-4-6-11-21(24)25/h3,5,7-9,12,17-20,23H,2,4,6,10-11,13-14H2,1H3,(H,24,25)/b5-3-/t17-,18-,19-,20-/m1/s1. The van der Waals surface area contributed by atoms with Crippen LogP contribution in [0.2, 0.25) is 0 Å². The summed E-state index contributed by atoms with van der Waals surface area (Å²) in [5.41, 5.74) is 1.23. The zero-order chi connectivity index (χ0) is 18.9. The lowest BCUT2D eigenvalue weighted by molar-refractivity contribution is -0.137. The predicted octanol–water partition coefficient (Wildman–Crippen LogP) is 4.43. The molecule has 1 saturated carbocycles. The lowest BCUT2D eigenvalue weighted by Crippen LogP contribution is -2.27. The number of allylic oxidation sites excluding steroid dienone is 2. The first kappa shape index (κ1) is 20.8. The SMILES string of the molecule is CCc1cccc(OC[C@@H]2[C@@H](C/C=C\CCCC(=O)O)[C@H](Cl)C[C@H]2O)c1. The van der Waals surface area contributed by atoms with Gasteiger partial charge in [0.1, 0.15) is 5.75 Å². The molecule has 0 amide bonds. The number of aliphatic carboxylic acids is 1. The van der Waals surface area contributed by atoms with E-state index >= 15 is 0 Å². The van der Waals surface area contributed by atoms with Crippen LogP contribution in [0.25, 0.3) is 0 Å². The van der Waals surface area contributed by atoms with Crippen molar-refractivity contribution in [3.63, 3.8) is 0 Å². The molecular formula is C21H29ClO4. The molecule has 4 atom stereocenters. The fourth-order valence-corrected chi connectivity index (χ4v) is 3.95. The second kappa shape index (κ2) is 10.6. The Labute approximate surface area is 160 Å². The minimum atomic E-state index is -0.762. The Bertz CT molecular complexity index is 601. The minimum absolute atomic E-state index is 0.00597. The normalized spacial score (nSPS) is 25.7. The molecule has 1 aliphatic carbocycles. The van der Waals surface area contributed by atoms with Gasteiger partial charge in [-0.25, -0.2) is 0 Å². The number of aliphatic hydroxyl groups excluding tert-OH is 1. The maximum atomic E-state index is 10.5. The van der Waals surface area contributed by atoms with Gasteiger partial charge in [-0.2, -0.15) is 0 Å². The first-order chi connectivity index (χ1) is 12.5. The number of rotatable bonds is 10. The van der Waals surface area contributed by atoms with Gasteiger partial charge >= 0.3 is 5.97 Å². The zero-order valence-electron chi connectivity index (χ0n) is 15.3. The van der Waals surface area contributed by atoms with Gasteiger partial charge in [0.05, 0.1) is 12.7 Å². The van der Waals surface area contributed by atoms with E-state index in [1.807, 2.05) is 24.3 Å². The number of carboxylic acid groups (broad SMARTS) is 1. The third kappa shape index (κ3) is 6.33. The molecule has 1 fully saturated rings. The highest BCUT2D eigenvalue weighted by Crippen LogP contribution is 2.39. The molecule has 0 radical (unpaired) electrons. The Morgan fingerprint density at radius 1 is 1.35 bits per heavy atom. The molecule has 0 saturated heterocycles. The van der Waals surface area contributed by atoms with Gasteiger partial charge in [-0.3, -0.25) is 4.79 Å². The average Bonchev–Trinajstić information content (AvgIpc) is 2.89. The molecule has 26 heavy (non-hydrogen) atoms. The first-order valence-corrected chi connectivity index (χ1v) is 9.85. The molecular weight excluding hydrogens is 352 g/mol. The van der Waals surface area contributed by atoms with Crippen molar-refractivity contribution >= 4 is 17.6 Å². The van der Waals surface area contributed by atoms with E-state index in [4.69, 9.17) is 21.4 Å². The molecule has 1 aromatic carbocycles. The largest absolute Gasteiger partial charge is 0.493 e. The number of carbonyl (C=O) groups is 1. The van der Waals surface area contributed by atoms with Crippen molar-refractivity contribution < 1.29 is 19.7 Å². The fourth-order valence-electron chi connectivity index (χ4n) is 3.48. The van der Waals surface area contributed by atoms with Crippen LogP contribution in [0.3, 0.4) is 0 Å². The molecule has 0 aliphatic heterocycles. The fraction of sp³-hybridized carbons (Fsp3) is 0.571. The highest BCUT2D eigenvalue weighted by molar-refractivity contribution is 6.21. The molecule has 0 unspecified atom stereocenters. The Kier molecular flexibility index (Phi) is 8.46. The van der Waals surface area contributed by atoms with E-state index in [2.05, 4.69) is 19.1 Å². The third-order valence-corrected chi connectivity index (χ3v) is 5.56. The first-order valence-electron chi connectivity index (χ1n) is 9.42. The second-order valence-corrected chi connectivity index (χ2v) is 7.51. The summed E-state index contributed by atoms with van der Waals surface area (Å²) in [6, 6.07) is 8.04. The summed E-state index contributed by atoms with van der Waals surface area (Å²) in [5, 5.41) is 18.9. The maximum absolute atomic E-state index is 10.5. The van der Waals surface area contributed by atoms with Crippen LogP contribution < -0.4 is 4.74 Å². The van der Waals surface area contributed by atoms with Crippen LogP contribution in [0.15, 0.2) is 36.4 Å². The van der Waals surface area contributed by atoms with Gasteiger partial charge in [0.2, 0.25) is 0 Å². The van der Waals surface area contributed by atoms with Crippen LogP contribution in [0.4, 0.5) is 0 Å². The van der Waals surface area contributed by atoms with E-state index in [0.29, 0.717) is 19.4 Å². The van der Waals surface area contributed by atoms with Crippen molar-refractivity contribution in [2.24, 2.45) is 11.8 Å². The summed E-state index contributed by atoms with van der Waals surface area (Å²) in [6.07, 6.45) is 7.54. The molecule has 0 aromatic heterocycles. The van der Waals surface area contributed by atoms with Gasteiger partial charge in [0, 0.05) is 17.7 Å². The van der Waals surface area contributed by atoms with Gasteiger partial charge in [-0.15, -0.1) is 11.6 Å². The number of unbranched alkanes of at least 4 members (excludes halogenated alkanes) is 1. The molecule has 144 valence electrons. The summed E-state index contributed by atoms with van der Waals surface area (Å²) in [5.74, 6) is 0.239. The highest BCUT2D eigenvalue weighted by Gasteiger charge is 2.41. The quantitative estimate of drug-likeness (QED) is 0.358. The van der Waals surface area contributed by atoms with Gasteiger partial charge in [-0.05, 0) is 55.7 Å². The van der Waals surface area contributed by atoms with Crippen molar-refractivity contribution in [2.45, 2.75) is 56.9 Å². The van der Waals surface area contributed by atoms with Crippen LogP contribution >= 0.6 is 11.6 Å².